The molecule has 0 spiro atoms. The zero-order valence-electron chi connectivity index (χ0n) is 18.3. The van der Waals surface area contributed by atoms with Gasteiger partial charge in [-0.2, -0.15) is 0 Å². The van der Waals surface area contributed by atoms with Gasteiger partial charge in [-0.05, 0) is 56.6 Å². The highest BCUT2D eigenvalue weighted by molar-refractivity contribution is 8.00. The zero-order chi connectivity index (χ0) is 22.1. The van der Waals surface area contributed by atoms with Crippen LogP contribution in [0.25, 0.3) is 11.0 Å². The topological polar surface area (TPSA) is 56.5 Å². The molecule has 1 fully saturated rings. The standard InChI is InChI=1S/C25H32O4S2/c1-18(2)25(27)28-14-8-3-4-9-15-30-23-17-24(26)29-22-16-20(12-13-21(22)23)31-19-10-6-5-7-11-19/h12-13,16-17,19H,1,3-11,14-15H2,2H3. The second kappa shape index (κ2) is 12.4. The van der Waals surface area contributed by atoms with Crippen LogP contribution in [-0.2, 0) is 9.53 Å². The number of esters is 1. The van der Waals surface area contributed by atoms with Crippen LogP contribution in [0.3, 0.4) is 0 Å². The van der Waals surface area contributed by atoms with Crippen LogP contribution in [0.4, 0.5) is 0 Å². The van der Waals surface area contributed by atoms with Crippen molar-refractivity contribution in [3.8, 4) is 0 Å². The van der Waals surface area contributed by atoms with E-state index in [4.69, 9.17) is 9.15 Å². The molecule has 4 nitrogen and oxygen atoms in total. The Morgan fingerprint density at radius 2 is 1.90 bits per heavy atom. The van der Waals surface area contributed by atoms with Crippen molar-refractivity contribution < 1.29 is 13.9 Å². The van der Waals surface area contributed by atoms with Crippen molar-refractivity contribution in [3.05, 3.63) is 46.8 Å². The smallest absolute Gasteiger partial charge is 0.337 e. The first-order valence-electron chi connectivity index (χ1n) is 11.2. The lowest BCUT2D eigenvalue weighted by Gasteiger charge is -2.21. The molecule has 0 N–H and O–H groups in total. The van der Waals surface area contributed by atoms with Crippen molar-refractivity contribution >= 4 is 40.5 Å². The third-order valence-corrected chi connectivity index (χ3v) is 7.88. The average Bonchev–Trinajstić information content (AvgIpc) is 2.75. The molecule has 6 heteroatoms. The second-order valence-electron chi connectivity index (χ2n) is 8.14. The van der Waals surface area contributed by atoms with Gasteiger partial charge in [0, 0.05) is 32.1 Å². The summed E-state index contributed by atoms with van der Waals surface area (Å²) in [6.07, 6.45) is 10.5. The summed E-state index contributed by atoms with van der Waals surface area (Å²) in [5.41, 5.74) is 0.847. The Labute approximate surface area is 193 Å². The van der Waals surface area contributed by atoms with E-state index in [1.165, 1.54) is 37.0 Å². The Hall–Kier alpha value is -1.66. The second-order valence-corrected chi connectivity index (χ2v) is 10.7. The van der Waals surface area contributed by atoms with E-state index in [0.717, 1.165) is 41.7 Å². The first-order valence-corrected chi connectivity index (χ1v) is 13.1. The Balaban J connectivity index is 1.47. The van der Waals surface area contributed by atoms with E-state index in [1.54, 1.807) is 24.8 Å². The first-order chi connectivity index (χ1) is 15.0. The van der Waals surface area contributed by atoms with Crippen LogP contribution in [0, 0.1) is 0 Å². The van der Waals surface area contributed by atoms with Crippen LogP contribution in [0.2, 0.25) is 0 Å². The van der Waals surface area contributed by atoms with Gasteiger partial charge in [-0.1, -0.05) is 38.7 Å². The van der Waals surface area contributed by atoms with Crippen LogP contribution in [0.5, 0.6) is 0 Å². The Morgan fingerprint density at radius 3 is 2.68 bits per heavy atom. The number of thioether (sulfide) groups is 2. The number of hydrogen-bond acceptors (Lipinski definition) is 6. The molecular formula is C25H32O4S2. The summed E-state index contributed by atoms with van der Waals surface area (Å²) in [5.74, 6) is 0.633. The van der Waals surface area contributed by atoms with E-state index in [-0.39, 0.29) is 11.6 Å². The number of hydrogen-bond donors (Lipinski definition) is 0. The molecule has 2 aromatic rings. The zero-order valence-corrected chi connectivity index (χ0v) is 20.0. The van der Waals surface area contributed by atoms with Crippen molar-refractivity contribution in [1.82, 2.24) is 0 Å². The molecule has 1 heterocycles. The van der Waals surface area contributed by atoms with Crippen molar-refractivity contribution in [1.29, 1.82) is 0 Å². The molecule has 1 saturated carbocycles. The quantitative estimate of drug-likeness (QED) is 0.118. The summed E-state index contributed by atoms with van der Waals surface area (Å²) in [5, 5.41) is 1.70. The summed E-state index contributed by atoms with van der Waals surface area (Å²) in [4.78, 5) is 25.6. The SMILES string of the molecule is C=C(C)C(=O)OCCCCCCSc1cc(=O)oc2cc(SC3CCCCC3)ccc12. The van der Waals surface area contributed by atoms with Gasteiger partial charge in [0.1, 0.15) is 5.58 Å². The summed E-state index contributed by atoms with van der Waals surface area (Å²) in [6, 6.07) is 7.91. The fourth-order valence-corrected chi connectivity index (χ4v) is 6.06. The number of ether oxygens (including phenoxy) is 1. The maximum Gasteiger partial charge on any atom is 0.337 e. The third kappa shape index (κ3) is 7.76. The summed E-state index contributed by atoms with van der Waals surface area (Å²) in [6.45, 7) is 5.68. The Kier molecular flexibility index (Phi) is 9.59. The van der Waals surface area contributed by atoms with Crippen LogP contribution in [-0.4, -0.2) is 23.6 Å². The van der Waals surface area contributed by atoms with Gasteiger partial charge in [-0.3, -0.25) is 0 Å². The van der Waals surface area contributed by atoms with Gasteiger partial charge in [0.2, 0.25) is 0 Å². The minimum atomic E-state index is -0.314. The number of carbonyl (C=O) groups excluding carboxylic acids is 1. The lowest BCUT2D eigenvalue weighted by atomic mass is 10.0. The van der Waals surface area contributed by atoms with E-state index in [9.17, 15) is 9.59 Å². The molecule has 0 atom stereocenters. The van der Waals surface area contributed by atoms with Crippen molar-refractivity contribution in [2.45, 2.75) is 79.8 Å². The normalized spacial score (nSPS) is 14.6. The number of benzene rings is 1. The van der Waals surface area contributed by atoms with Gasteiger partial charge in [0.25, 0.3) is 0 Å². The van der Waals surface area contributed by atoms with Crippen LogP contribution in [0.1, 0.15) is 64.7 Å². The molecule has 1 aromatic carbocycles. The minimum absolute atomic E-state index is 0.283. The fraction of sp³-hybridized carbons (Fsp3) is 0.520. The molecule has 0 unspecified atom stereocenters. The van der Waals surface area contributed by atoms with E-state index < -0.39 is 0 Å². The minimum Gasteiger partial charge on any atom is -0.462 e. The lowest BCUT2D eigenvalue weighted by Crippen LogP contribution is -2.07. The van der Waals surface area contributed by atoms with Gasteiger partial charge in [-0.25, -0.2) is 9.59 Å². The van der Waals surface area contributed by atoms with Gasteiger partial charge in [0.15, 0.2) is 0 Å². The van der Waals surface area contributed by atoms with Crippen LogP contribution in [0.15, 0.2) is 55.4 Å². The molecule has 0 radical (unpaired) electrons. The lowest BCUT2D eigenvalue weighted by molar-refractivity contribution is -0.139. The molecular weight excluding hydrogens is 428 g/mol. The van der Waals surface area contributed by atoms with E-state index in [1.807, 2.05) is 17.8 Å². The molecule has 0 amide bonds. The van der Waals surface area contributed by atoms with E-state index in [2.05, 4.69) is 18.7 Å². The molecule has 0 bridgehead atoms. The highest BCUT2D eigenvalue weighted by atomic mass is 32.2. The fourth-order valence-electron chi connectivity index (χ4n) is 3.71. The van der Waals surface area contributed by atoms with Gasteiger partial charge in [0.05, 0.1) is 6.61 Å². The molecule has 3 rings (SSSR count). The molecule has 0 saturated heterocycles. The summed E-state index contributed by atoms with van der Waals surface area (Å²) < 4.78 is 10.6. The average molecular weight is 461 g/mol. The van der Waals surface area contributed by atoms with E-state index >= 15 is 0 Å². The number of fused-ring (bicyclic) bond motifs is 1. The first kappa shape index (κ1) is 24.0. The molecule has 1 aliphatic rings. The maximum atomic E-state index is 12.1. The molecule has 1 aromatic heterocycles. The largest absolute Gasteiger partial charge is 0.462 e. The monoisotopic (exact) mass is 460 g/mol. The molecule has 0 aliphatic heterocycles. The predicted octanol–water partition coefficient (Wildman–Crippen LogP) is 6.99. The van der Waals surface area contributed by atoms with Crippen molar-refractivity contribution in [2.24, 2.45) is 0 Å². The molecule has 31 heavy (non-hydrogen) atoms. The van der Waals surface area contributed by atoms with E-state index in [0.29, 0.717) is 23.0 Å². The molecule has 1 aliphatic carbocycles. The highest BCUT2D eigenvalue weighted by Crippen LogP contribution is 2.36. The number of rotatable bonds is 11. The van der Waals surface area contributed by atoms with Gasteiger partial charge in [-0.15, -0.1) is 23.5 Å². The number of unbranched alkanes of at least 4 members (excludes halogenated alkanes) is 3. The predicted molar refractivity (Wildman–Crippen MR) is 130 cm³/mol. The maximum absolute atomic E-state index is 12.1. The van der Waals surface area contributed by atoms with Crippen molar-refractivity contribution in [2.75, 3.05) is 12.4 Å². The highest BCUT2D eigenvalue weighted by Gasteiger charge is 2.15. The van der Waals surface area contributed by atoms with Crippen LogP contribution >= 0.6 is 23.5 Å². The van der Waals surface area contributed by atoms with Gasteiger partial charge >= 0.3 is 11.6 Å². The van der Waals surface area contributed by atoms with Crippen molar-refractivity contribution in [3.63, 3.8) is 0 Å². The van der Waals surface area contributed by atoms with Crippen LogP contribution < -0.4 is 5.63 Å². The summed E-state index contributed by atoms with van der Waals surface area (Å²) >= 11 is 3.63. The Bertz CT molecular complexity index is 944. The number of carbonyl (C=O) groups is 1. The van der Waals surface area contributed by atoms with Gasteiger partial charge < -0.3 is 9.15 Å². The third-order valence-electron chi connectivity index (χ3n) is 5.41. The molecule has 168 valence electrons. The Morgan fingerprint density at radius 1 is 1.13 bits per heavy atom. The summed E-state index contributed by atoms with van der Waals surface area (Å²) in [7, 11) is 0.